The molecule has 1 N–H and O–H groups in total. The molecule has 0 heterocycles. The Bertz CT molecular complexity index is 888. The van der Waals surface area contributed by atoms with Crippen molar-refractivity contribution in [2.75, 3.05) is 25.9 Å². The highest BCUT2D eigenvalue weighted by Crippen LogP contribution is 2.27. The van der Waals surface area contributed by atoms with Crippen LogP contribution in [0.25, 0.3) is 0 Å². The zero-order valence-corrected chi connectivity index (χ0v) is 15.8. The highest BCUT2D eigenvalue weighted by molar-refractivity contribution is 7.92. The van der Waals surface area contributed by atoms with E-state index in [2.05, 4.69) is 4.72 Å². The molecule has 0 radical (unpaired) electrons. The second-order valence-electron chi connectivity index (χ2n) is 5.97. The van der Waals surface area contributed by atoms with Gasteiger partial charge in [0.05, 0.1) is 12.0 Å². The van der Waals surface area contributed by atoms with Gasteiger partial charge in [-0.1, -0.05) is 0 Å². The number of carbonyl (C=O) groups is 1. The van der Waals surface area contributed by atoms with Crippen molar-refractivity contribution in [2.45, 2.75) is 18.7 Å². The Morgan fingerprint density at radius 1 is 1.04 bits per heavy atom. The van der Waals surface area contributed by atoms with Crippen LogP contribution in [0.15, 0.2) is 41.3 Å². The molecular weight excluding hydrogens is 340 g/mol. The summed E-state index contributed by atoms with van der Waals surface area (Å²) >= 11 is 0. The topological polar surface area (TPSA) is 75.7 Å². The fourth-order valence-corrected chi connectivity index (χ4v) is 3.79. The molecular formula is C18H22N2O4S. The predicted molar refractivity (Wildman–Crippen MR) is 97.7 cm³/mol. The van der Waals surface area contributed by atoms with Gasteiger partial charge in [-0.25, -0.2) is 8.42 Å². The minimum absolute atomic E-state index is 0.143. The van der Waals surface area contributed by atoms with E-state index in [0.717, 1.165) is 5.56 Å². The third-order valence-electron chi connectivity index (χ3n) is 3.77. The number of anilines is 1. The average Bonchev–Trinajstić information content (AvgIpc) is 2.56. The molecule has 0 aliphatic heterocycles. The van der Waals surface area contributed by atoms with E-state index < -0.39 is 10.0 Å². The number of carbonyl (C=O) groups excluding carboxylic acids is 1. The fourth-order valence-electron chi connectivity index (χ4n) is 2.42. The summed E-state index contributed by atoms with van der Waals surface area (Å²) in [5, 5.41) is 0. The van der Waals surface area contributed by atoms with Crippen molar-refractivity contribution in [3.8, 4) is 5.75 Å². The maximum absolute atomic E-state index is 12.7. The van der Waals surface area contributed by atoms with Crippen molar-refractivity contribution in [1.82, 2.24) is 4.90 Å². The van der Waals surface area contributed by atoms with Crippen LogP contribution in [0, 0.1) is 13.8 Å². The number of benzene rings is 2. The molecule has 25 heavy (non-hydrogen) atoms. The molecule has 0 aliphatic rings. The summed E-state index contributed by atoms with van der Waals surface area (Å²) in [7, 11) is 1.13. The molecule has 0 atom stereocenters. The molecule has 6 nitrogen and oxygen atoms in total. The van der Waals surface area contributed by atoms with Gasteiger partial charge in [-0.2, -0.15) is 0 Å². The van der Waals surface area contributed by atoms with E-state index >= 15 is 0 Å². The van der Waals surface area contributed by atoms with Crippen LogP contribution in [0.3, 0.4) is 0 Å². The predicted octanol–water partition coefficient (Wildman–Crippen LogP) is 2.81. The summed E-state index contributed by atoms with van der Waals surface area (Å²) in [6.45, 7) is 3.51. The van der Waals surface area contributed by atoms with Crippen LogP contribution in [-0.4, -0.2) is 40.4 Å². The number of amides is 1. The molecule has 2 aromatic carbocycles. The highest BCUT2D eigenvalue weighted by atomic mass is 32.2. The lowest BCUT2D eigenvalue weighted by Gasteiger charge is -2.14. The Hall–Kier alpha value is -2.54. The smallest absolute Gasteiger partial charge is 0.262 e. The van der Waals surface area contributed by atoms with Crippen LogP contribution >= 0.6 is 0 Å². The number of nitrogens with one attached hydrogen (secondary N) is 1. The number of hydrogen-bond acceptors (Lipinski definition) is 4. The number of nitrogens with zero attached hydrogens (tertiary/aromatic N) is 1. The summed E-state index contributed by atoms with van der Waals surface area (Å²) in [4.78, 5) is 13.5. The Balaban J connectivity index is 2.30. The first-order valence-corrected chi connectivity index (χ1v) is 9.14. The van der Waals surface area contributed by atoms with E-state index in [0.29, 0.717) is 22.6 Å². The second-order valence-corrected chi connectivity index (χ2v) is 7.62. The molecule has 0 spiro atoms. The summed E-state index contributed by atoms with van der Waals surface area (Å²) < 4.78 is 33.1. The number of rotatable bonds is 5. The average molecular weight is 362 g/mol. The second kappa shape index (κ2) is 7.14. The molecule has 0 fully saturated rings. The van der Waals surface area contributed by atoms with E-state index in [1.165, 1.54) is 4.90 Å². The monoisotopic (exact) mass is 362 g/mol. The standard InChI is InChI=1S/C18H22N2O4S/c1-12-11-17(13(2)10-16(12)24-5)25(22,23)19-15-8-6-14(7-9-15)18(21)20(3)4/h6-11,19H,1-5H3. The highest BCUT2D eigenvalue weighted by Gasteiger charge is 2.19. The molecule has 0 aliphatic carbocycles. The largest absolute Gasteiger partial charge is 0.496 e. The van der Waals surface area contributed by atoms with Gasteiger partial charge in [-0.05, 0) is 61.4 Å². The Kier molecular flexibility index (Phi) is 5.37. The third kappa shape index (κ3) is 4.11. The third-order valence-corrected chi connectivity index (χ3v) is 5.30. The van der Waals surface area contributed by atoms with Crippen LogP contribution in [0.4, 0.5) is 5.69 Å². The van der Waals surface area contributed by atoms with Gasteiger partial charge in [-0.15, -0.1) is 0 Å². The number of hydrogen-bond donors (Lipinski definition) is 1. The normalized spacial score (nSPS) is 11.1. The van der Waals surface area contributed by atoms with Crippen LogP contribution in [0.2, 0.25) is 0 Å². The van der Waals surface area contributed by atoms with Gasteiger partial charge in [0, 0.05) is 25.3 Å². The number of ether oxygens (including phenoxy) is 1. The molecule has 0 unspecified atom stereocenters. The Labute approximate surface area is 148 Å². The number of aryl methyl sites for hydroxylation is 2. The van der Waals surface area contributed by atoms with Crippen LogP contribution in [0.1, 0.15) is 21.5 Å². The first kappa shape index (κ1) is 18.8. The summed E-state index contributed by atoms with van der Waals surface area (Å²) in [6, 6.07) is 9.60. The van der Waals surface area contributed by atoms with Crippen LogP contribution < -0.4 is 9.46 Å². The van der Waals surface area contributed by atoms with Crippen molar-refractivity contribution in [2.24, 2.45) is 0 Å². The van der Waals surface area contributed by atoms with Crippen molar-refractivity contribution < 1.29 is 17.9 Å². The van der Waals surface area contributed by atoms with E-state index in [9.17, 15) is 13.2 Å². The van der Waals surface area contributed by atoms with Crippen LogP contribution in [0.5, 0.6) is 5.75 Å². The van der Waals surface area contributed by atoms with Crippen molar-refractivity contribution in [3.63, 3.8) is 0 Å². The zero-order valence-electron chi connectivity index (χ0n) is 15.0. The maximum atomic E-state index is 12.7. The van der Waals surface area contributed by atoms with E-state index in [1.54, 1.807) is 71.5 Å². The molecule has 0 saturated carbocycles. The van der Waals surface area contributed by atoms with E-state index in [4.69, 9.17) is 4.74 Å². The molecule has 7 heteroatoms. The lowest BCUT2D eigenvalue weighted by molar-refractivity contribution is 0.0827. The molecule has 0 aromatic heterocycles. The minimum Gasteiger partial charge on any atom is -0.496 e. The minimum atomic E-state index is -3.74. The van der Waals surface area contributed by atoms with Gasteiger partial charge in [0.1, 0.15) is 5.75 Å². The van der Waals surface area contributed by atoms with E-state index in [1.807, 2.05) is 0 Å². The molecule has 0 saturated heterocycles. The van der Waals surface area contributed by atoms with Gasteiger partial charge < -0.3 is 9.64 Å². The SMILES string of the molecule is COc1cc(C)c(S(=O)(=O)Nc2ccc(C(=O)N(C)C)cc2)cc1C. The summed E-state index contributed by atoms with van der Waals surface area (Å²) in [5.74, 6) is 0.499. The van der Waals surface area contributed by atoms with E-state index in [-0.39, 0.29) is 10.8 Å². The van der Waals surface area contributed by atoms with Gasteiger partial charge in [0.15, 0.2) is 0 Å². The van der Waals surface area contributed by atoms with Gasteiger partial charge in [-0.3, -0.25) is 9.52 Å². The molecule has 0 bridgehead atoms. The lowest BCUT2D eigenvalue weighted by atomic mass is 10.1. The molecule has 2 rings (SSSR count). The fraction of sp³-hybridized carbons (Fsp3) is 0.278. The summed E-state index contributed by atoms with van der Waals surface area (Å²) in [6.07, 6.45) is 0. The molecule has 134 valence electrons. The van der Waals surface area contributed by atoms with Gasteiger partial charge in [0.2, 0.25) is 0 Å². The maximum Gasteiger partial charge on any atom is 0.262 e. The van der Waals surface area contributed by atoms with Crippen LogP contribution in [-0.2, 0) is 10.0 Å². The van der Waals surface area contributed by atoms with Gasteiger partial charge >= 0.3 is 0 Å². The lowest BCUT2D eigenvalue weighted by Crippen LogP contribution is -2.21. The zero-order chi connectivity index (χ0) is 18.8. The first-order chi connectivity index (χ1) is 11.7. The first-order valence-electron chi connectivity index (χ1n) is 7.65. The van der Waals surface area contributed by atoms with Crippen molar-refractivity contribution >= 4 is 21.6 Å². The Morgan fingerprint density at radius 3 is 2.16 bits per heavy atom. The van der Waals surface area contributed by atoms with Crippen molar-refractivity contribution in [3.05, 3.63) is 53.1 Å². The quantitative estimate of drug-likeness (QED) is 0.887. The number of sulfonamides is 1. The number of methoxy groups -OCH3 is 1. The molecule has 1 amide bonds. The summed E-state index contributed by atoms with van der Waals surface area (Å²) in [5.41, 5.74) is 2.21. The Morgan fingerprint density at radius 2 is 1.64 bits per heavy atom. The molecule has 2 aromatic rings. The van der Waals surface area contributed by atoms with Gasteiger partial charge in [0.25, 0.3) is 15.9 Å². The van der Waals surface area contributed by atoms with Crippen molar-refractivity contribution in [1.29, 1.82) is 0 Å².